The van der Waals surface area contributed by atoms with Crippen molar-refractivity contribution in [2.75, 3.05) is 13.2 Å². The number of rotatable bonds is 6. The summed E-state index contributed by atoms with van der Waals surface area (Å²) in [6, 6.07) is 14.8. The Morgan fingerprint density at radius 3 is 2.60 bits per heavy atom. The summed E-state index contributed by atoms with van der Waals surface area (Å²) in [6.45, 7) is 0.998. The lowest BCUT2D eigenvalue weighted by Crippen LogP contribution is -2.20. The molecule has 1 aliphatic rings. The summed E-state index contributed by atoms with van der Waals surface area (Å²) in [7, 11) is 0. The summed E-state index contributed by atoms with van der Waals surface area (Å²) in [5, 5.41) is 14.6. The average molecular weight is 407 g/mol. The molecular formula is C21H17N3O6. The molecule has 1 N–H and O–H groups in total. The zero-order valence-corrected chi connectivity index (χ0v) is 15.7. The van der Waals surface area contributed by atoms with Gasteiger partial charge in [0.15, 0.2) is 11.5 Å². The Morgan fingerprint density at radius 1 is 1.07 bits per heavy atom. The number of hydrogen-bond acceptors (Lipinski definition) is 7. The minimum absolute atomic E-state index is 0.00724. The molecule has 0 bridgehead atoms. The number of nitro benzene ring substituents is 1. The minimum Gasteiger partial charge on any atom is -0.486 e. The standard InChI is InChI=1S/C21H17N3O6/c25-21(12-14-1-7-19-20(11-14)29-10-9-28-19)23-22-13-17-6-8-18(30-17)15-2-4-16(5-3-15)24(26)27/h1-8,11,13H,9-10,12H2,(H,23,25)/b22-13-. The number of hydrogen-bond donors (Lipinski definition) is 1. The highest BCUT2D eigenvalue weighted by molar-refractivity contribution is 5.82. The van der Waals surface area contributed by atoms with E-state index in [1.54, 1.807) is 42.5 Å². The number of fused-ring (bicyclic) bond motifs is 1. The largest absolute Gasteiger partial charge is 0.486 e. The van der Waals surface area contributed by atoms with Crippen LogP contribution in [-0.2, 0) is 11.2 Å². The van der Waals surface area contributed by atoms with Crippen LogP contribution in [0.25, 0.3) is 11.3 Å². The van der Waals surface area contributed by atoms with Crippen molar-refractivity contribution in [3.63, 3.8) is 0 Å². The third-order valence-corrected chi connectivity index (χ3v) is 4.34. The SMILES string of the molecule is O=C(Cc1ccc2c(c1)OCCO2)N/N=C\c1ccc(-c2ccc([N+](=O)[O-])cc2)o1. The van der Waals surface area contributed by atoms with Crippen molar-refractivity contribution in [1.82, 2.24) is 5.43 Å². The van der Waals surface area contributed by atoms with Crippen molar-refractivity contribution >= 4 is 17.8 Å². The van der Waals surface area contributed by atoms with Gasteiger partial charge < -0.3 is 13.9 Å². The Balaban J connectivity index is 1.33. The number of furan rings is 1. The topological polar surface area (TPSA) is 116 Å². The molecule has 3 aromatic rings. The van der Waals surface area contributed by atoms with Gasteiger partial charge in [0.2, 0.25) is 5.91 Å². The van der Waals surface area contributed by atoms with E-state index >= 15 is 0 Å². The van der Waals surface area contributed by atoms with E-state index in [0.29, 0.717) is 41.8 Å². The molecule has 2 heterocycles. The number of carbonyl (C=O) groups excluding carboxylic acids is 1. The van der Waals surface area contributed by atoms with Gasteiger partial charge in [-0.3, -0.25) is 14.9 Å². The molecule has 1 aliphatic heterocycles. The van der Waals surface area contributed by atoms with E-state index in [4.69, 9.17) is 13.9 Å². The third-order valence-electron chi connectivity index (χ3n) is 4.34. The van der Waals surface area contributed by atoms with Crippen LogP contribution in [0, 0.1) is 10.1 Å². The molecule has 0 radical (unpaired) electrons. The van der Waals surface area contributed by atoms with Crippen molar-refractivity contribution in [3.8, 4) is 22.8 Å². The quantitative estimate of drug-likeness (QED) is 0.381. The fourth-order valence-corrected chi connectivity index (χ4v) is 2.92. The smallest absolute Gasteiger partial charge is 0.269 e. The summed E-state index contributed by atoms with van der Waals surface area (Å²) in [5.41, 5.74) is 3.94. The van der Waals surface area contributed by atoms with Crippen molar-refractivity contribution in [3.05, 3.63) is 76.0 Å². The Morgan fingerprint density at radius 2 is 1.83 bits per heavy atom. The molecule has 1 aromatic heterocycles. The van der Waals surface area contributed by atoms with Crippen molar-refractivity contribution < 1.29 is 23.6 Å². The van der Waals surface area contributed by atoms with Crippen LogP contribution in [0.2, 0.25) is 0 Å². The van der Waals surface area contributed by atoms with E-state index in [9.17, 15) is 14.9 Å². The van der Waals surface area contributed by atoms with E-state index < -0.39 is 4.92 Å². The summed E-state index contributed by atoms with van der Waals surface area (Å²) >= 11 is 0. The number of nitro groups is 1. The normalized spacial score (nSPS) is 12.7. The minimum atomic E-state index is -0.461. The van der Waals surface area contributed by atoms with Gasteiger partial charge in [-0.05, 0) is 42.0 Å². The van der Waals surface area contributed by atoms with Crippen molar-refractivity contribution in [1.29, 1.82) is 0 Å². The molecule has 9 nitrogen and oxygen atoms in total. The maximum atomic E-state index is 12.1. The molecule has 0 saturated carbocycles. The highest BCUT2D eigenvalue weighted by Gasteiger charge is 2.13. The molecule has 4 rings (SSSR count). The predicted octanol–water partition coefficient (Wildman–Crippen LogP) is 3.32. The summed E-state index contributed by atoms with van der Waals surface area (Å²) in [5.74, 6) is 1.98. The molecule has 0 spiro atoms. The summed E-state index contributed by atoms with van der Waals surface area (Å²) in [6.07, 6.45) is 1.52. The number of amides is 1. The van der Waals surface area contributed by atoms with Crippen LogP contribution in [0.4, 0.5) is 5.69 Å². The van der Waals surface area contributed by atoms with Crippen LogP contribution in [0.3, 0.4) is 0 Å². The number of hydrazone groups is 1. The Labute approximate surface area is 171 Å². The van der Waals surface area contributed by atoms with Gasteiger partial charge in [-0.25, -0.2) is 5.43 Å². The van der Waals surface area contributed by atoms with Crippen LogP contribution >= 0.6 is 0 Å². The summed E-state index contributed by atoms with van der Waals surface area (Å²) in [4.78, 5) is 22.4. The molecule has 152 valence electrons. The molecule has 0 atom stereocenters. The second kappa shape index (κ2) is 8.48. The van der Waals surface area contributed by atoms with E-state index in [2.05, 4.69) is 10.5 Å². The fraction of sp³-hybridized carbons (Fsp3) is 0.143. The van der Waals surface area contributed by atoms with Crippen LogP contribution in [-0.4, -0.2) is 30.3 Å². The second-order valence-corrected chi connectivity index (χ2v) is 6.45. The molecule has 30 heavy (non-hydrogen) atoms. The maximum absolute atomic E-state index is 12.1. The van der Waals surface area contributed by atoms with Crippen molar-refractivity contribution in [2.45, 2.75) is 6.42 Å². The molecule has 0 aliphatic carbocycles. The molecule has 0 saturated heterocycles. The zero-order chi connectivity index (χ0) is 20.9. The molecular weight excluding hydrogens is 390 g/mol. The van der Waals surface area contributed by atoms with E-state index in [1.807, 2.05) is 0 Å². The van der Waals surface area contributed by atoms with E-state index in [-0.39, 0.29) is 18.0 Å². The number of nitrogens with one attached hydrogen (secondary N) is 1. The first kappa shape index (κ1) is 19.2. The van der Waals surface area contributed by atoms with Crippen LogP contribution in [0.5, 0.6) is 11.5 Å². The van der Waals surface area contributed by atoms with Gasteiger partial charge in [0.25, 0.3) is 5.69 Å². The molecule has 9 heteroatoms. The molecule has 0 unspecified atom stereocenters. The fourth-order valence-electron chi connectivity index (χ4n) is 2.92. The van der Waals surface area contributed by atoms with Crippen LogP contribution < -0.4 is 14.9 Å². The molecule has 2 aromatic carbocycles. The van der Waals surface area contributed by atoms with Gasteiger partial charge in [-0.2, -0.15) is 5.10 Å². The third kappa shape index (κ3) is 4.46. The lowest BCUT2D eigenvalue weighted by Gasteiger charge is -2.18. The predicted molar refractivity (Wildman–Crippen MR) is 108 cm³/mol. The molecule has 0 fully saturated rings. The van der Waals surface area contributed by atoms with E-state index in [1.165, 1.54) is 18.3 Å². The lowest BCUT2D eigenvalue weighted by atomic mass is 10.1. The number of carbonyl (C=O) groups is 1. The average Bonchev–Trinajstić information content (AvgIpc) is 3.22. The Bertz CT molecular complexity index is 1100. The maximum Gasteiger partial charge on any atom is 0.269 e. The van der Waals surface area contributed by atoms with Gasteiger partial charge in [-0.1, -0.05) is 6.07 Å². The van der Waals surface area contributed by atoms with Gasteiger partial charge in [-0.15, -0.1) is 0 Å². The van der Waals surface area contributed by atoms with Crippen LogP contribution in [0.15, 0.2) is 64.1 Å². The monoisotopic (exact) mass is 407 g/mol. The molecule has 1 amide bonds. The van der Waals surface area contributed by atoms with Crippen LogP contribution in [0.1, 0.15) is 11.3 Å². The Hall–Kier alpha value is -4.14. The number of benzene rings is 2. The lowest BCUT2D eigenvalue weighted by molar-refractivity contribution is -0.384. The van der Waals surface area contributed by atoms with Gasteiger partial charge in [0, 0.05) is 17.7 Å². The highest BCUT2D eigenvalue weighted by Crippen LogP contribution is 2.30. The van der Waals surface area contributed by atoms with Gasteiger partial charge >= 0.3 is 0 Å². The van der Waals surface area contributed by atoms with Crippen molar-refractivity contribution in [2.24, 2.45) is 5.10 Å². The second-order valence-electron chi connectivity index (χ2n) is 6.45. The number of non-ortho nitro benzene ring substituents is 1. The summed E-state index contributed by atoms with van der Waals surface area (Å²) < 4.78 is 16.6. The highest BCUT2D eigenvalue weighted by atomic mass is 16.6. The van der Waals surface area contributed by atoms with Gasteiger partial charge in [0.05, 0.1) is 17.6 Å². The first-order valence-electron chi connectivity index (χ1n) is 9.13. The first-order valence-corrected chi connectivity index (χ1v) is 9.13. The number of nitrogens with zero attached hydrogens (tertiary/aromatic N) is 2. The Kier molecular flexibility index (Phi) is 5.42. The van der Waals surface area contributed by atoms with E-state index in [0.717, 1.165) is 5.56 Å². The van der Waals surface area contributed by atoms with Gasteiger partial charge in [0.1, 0.15) is 24.7 Å². The zero-order valence-electron chi connectivity index (χ0n) is 15.7. The number of ether oxygens (including phenoxy) is 2. The first-order chi connectivity index (χ1) is 14.6.